The van der Waals surface area contributed by atoms with Gasteiger partial charge in [0.2, 0.25) is 5.91 Å². The molecule has 7 heteroatoms. The van der Waals surface area contributed by atoms with E-state index in [1.54, 1.807) is 7.11 Å². The zero-order valence-corrected chi connectivity index (χ0v) is 17.4. The first-order valence-corrected chi connectivity index (χ1v) is 10.5. The lowest BCUT2D eigenvalue weighted by atomic mass is 9.78. The second-order valence-corrected chi connectivity index (χ2v) is 7.70. The van der Waals surface area contributed by atoms with E-state index in [0.29, 0.717) is 19.8 Å². The maximum Gasteiger partial charge on any atom is 0.309 e. The van der Waals surface area contributed by atoms with Crippen molar-refractivity contribution >= 4 is 11.9 Å². The Morgan fingerprint density at radius 1 is 1.10 bits per heavy atom. The molecule has 7 nitrogen and oxygen atoms in total. The van der Waals surface area contributed by atoms with Crippen LogP contribution < -0.4 is 10.1 Å². The van der Waals surface area contributed by atoms with E-state index < -0.39 is 0 Å². The maximum atomic E-state index is 13.0. The van der Waals surface area contributed by atoms with Gasteiger partial charge in [-0.15, -0.1) is 0 Å². The lowest BCUT2D eigenvalue weighted by Crippen LogP contribution is -2.46. The molecule has 0 unspecified atom stereocenters. The van der Waals surface area contributed by atoms with Gasteiger partial charge < -0.3 is 19.5 Å². The molecule has 0 spiro atoms. The third-order valence-corrected chi connectivity index (χ3v) is 6.06. The first-order valence-electron chi connectivity index (χ1n) is 10.5. The summed E-state index contributed by atoms with van der Waals surface area (Å²) in [5, 5.41) is 3.13. The highest BCUT2D eigenvalue weighted by Gasteiger charge is 2.36. The summed E-state index contributed by atoms with van der Waals surface area (Å²) in [5.74, 6) is -0.160. The van der Waals surface area contributed by atoms with Crippen LogP contribution in [0.25, 0.3) is 0 Å². The number of carbonyl (C=O) groups is 2. The van der Waals surface area contributed by atoms with Gasteiger partial charge in [0.25, 0.3) is 0 Å². The Kier molecular flexibility index (Phi) is 7.89. The van der Waals surface area contributed by atoms with Crippen molar-refractivity contribution in [3.8, 4) is 5.75 Å². The van der Waals surface area contributed by atoms with Crippen LogP contribution in [0, 0.1) is 11.8 Å². The largest absolute Gasteiger partial charge is 0.497 e. The summed E-state index contributed by atoms with van der Waals surface area (Å²) in [6.07, 6.45) is 3.38. The highest BCUT2D eigenvalue weighted by molar-refractivity contribution is 5.85. The Hall–Kier alpha value is -2.12. The van der Waals surface area contributed by atoms with Gasteiger partial charge in [-0.05, 0) is 30.5 Å². The topological polar surface area (TPSA) is 77.1 Å². The van der Waals surface area contributed by atoms with Gasteiger partial charge >= 0.3 is 5.97 Å². The fourth-order valence-electron chi connectivity index (χ4n) is 4.38. The molecule has 3 rings (SSSR count). The molecule has 2 fully saturated rings. The molecule has 1 N–H and O–H groups in total. The Labute approximate surface area is 172 Å². The van der Waals surface area contributed by atoms with Crippen molar-refractivity contribution in [2.75, 3.05) is 47.1 Å². The maximum absolute atomic E-state index is 13.0. The van der Waals surface area contributed by atoms with E-state index in [9.17, 15) is 9.59 Å². The molecule has 1 aliphatic heterocycles. The van der Waals surface area contributed by atoms with Gasteiger partial charge in [0.15, 0.2) is 0 Å². The molecule has 2 aliphatic rings. The Balaban J connectivity index is 1.69. The van der Waals surface area contributed by atoms with E-state index in [1.165, 1.54) is 7.11 Å². The van der Waals surface area contributed by atoms with Gasteiger partial charge in [-0.3, -0.25) is 14.5 Å². The second kappa shape index (κ2) is 10.6. The lowest BCUT2D eigenvalue weighted by molar-refractivity contribution is -0.152. The molecular formula is C22H32N2O5. The Morgan fingerprint density at radius 3 is 2.38 bits per heavy atom. The number of rotatable bonds is 7. The van der Waals surface area contributed by atoms with Crippen LogP contribution in [-0.2, 0) is 19.1 Å². The molecule has 1 amide bonds. The van der Waals surface area contributed by atoms with E-state index in [0.717, 1.165) is 50.1 Å². The molecular weight excluding hydrogens is 372 g/mol. The van der Waals surface area contributed by atoms with Crippen LogP contribution in [0.15, 0.2) is 24.3 Å². The fourth-order valence-corrected chi connectivity index (χ4v) is 4.38. The number of esters is 1. The number of hydrogen-bond acceptors (Lipinski definition) is 6. The van der Waals surface area contributed by atoms with Crippen LogP contribution in [0.2, 0.25) is 0 Å². The number of hydrogen-bond donors (Lipinski definition) is 1. The molecule has 1 aromatic carbocycles. The van der Waals surface area contributed by atoms with Gasteiger partial charge in [0, 0.05) is 19.6 Å². The third kappa shape index (κ3) is 5.48. The van der Waals surface area contributed by atoms with Gasteiger partial charge in [0.1, 0.15) is 5.75 Å². The highest BCUT2D eigenvalue weighted by Crippen LogP contribution is 2.31. The van der Waals surface area contributed by atoms with Crippen molar-refractivity contribution in [1.82, 2.24) is 10.2 Å². The normalized spacial score (nSPS) is 23.8. The van der Waals surface area contributed by atoms with Crippen molar-refractivity contribution in [3.63, 3.8) is 0 Å². The SMILES string of the molecule is COC(=O)[C@@H]1CCCC[C@@H]1C(=O)NC[C@H](c1ccc(OC)cc1)N1CCOCC1. The zero-order chi connectivity index (χ0) is 20.6. The fraction of sp³-hybridized carbons (Fsp3) is 0.636. The average molecular weight is 405 g/mol. The predicted octanol–water partition coefficient (Wildman–Crippen LogP) is 2.16. The van der Waals surface area contributed by atoms with Crippen LogP contribution in [0.1, 0.15) is 37.3 Å². The van der Waals surface area contributed by atoms with E-state index in [4.69, 9.17) is 14.2 Å². The number of benzene rings is 1. The number of methoxy groups -OCH3 is 2. The van der Waals surface area contributed by atoms with E-state index in [2.05, 4.69) is 10.2 Å². The standard InChI is InChI=1S/C22H32N2O5/c1-27-17-9-7-16(8-10-17)20(24-11-13-29-14-12-24)15-23-21(25)18-5-3-4-6-19(18)22(26)28-2/h7-10,18-20H,3-6,11-15H2,1-2H3,(H,23,25)/t18-,19+,20+/m0/s1. The minimum Gasteiger partial charge on any atom is -0.497 e. The van der Waals surface area contributed by atoms with Crippen LogP contribution in [0.5, 0.6) is 5.75 Å². The van der Waals surface area contributed by atoms with Gasteiger partial charge in [0.05, 0.1) is 45.3 Å². The van der Waals surface area contributed by atoms with Crippen LogP contribution in [0.3, 0.4) is 0 Å². The van der Waals surface area contributed by atoms with Crippen molar-refractivity contribution in [1.29, 1.82) is 0 Å². The van der Waals surface area contributed by atoms with Crippen molar-refractivity contribution in [3.05, 3.63) is 29.8 Å². The number of ether oxygens (including phenoxy) is 3. The number of nitrogens with one attached hydrogen (secondary N) is 1. The van der Waals surface area contributed by atoms with Crippen LogP contribution in [0.4, 0.5) is 0 Å². The summed E-state index contributed by atoms with van der Waals surface area (Å²) in [7, 11) is 3.04. The smallest absolute Gasteiger partial charge is 0.309 e. The molecule has 3 atom stereocenters. The molecule has 160 valence electrons. The average Bonchev–Trinajstić information content (AvgIpc) is 2.79. The van der Waals surface area contributed by atoms with Crippen molar-refractivity contribution in [2.45, 2.75) is 31.7 Å². The predicted molar refractivity (Wildman–Crippen MR) is 109 cm³/mol. The van der Waals surface area contributed by atoms with Gasteiger partial charge in [-0.1, -0.05) is 25.0 Å². The Bertz CT molecular complexity index is 672. The van der Waals surface area contributed by atoms with Crippen LogP contribution >= 0.6 is 0 Å². The number of nitrogens with zero attached hydrogens (tertiary/aromatic N) is 1. The molecule has 0 radical (unpaired) electrons. The first-order chi connectivity index (χ1) is 14.1. The number of amides is 1. The van der Waals surface area contributed by atoms with E-state index in [-0.39, 0.29) is 29.8 Å². The quantitative estimate of drug-likeness (QED) is 0.702. The minimum absolute atomic E-state index is 0.0492. The highest BCUT2D eigenvalue weighted by atomic mass is 16.5. The summed E-state index contributed by atoms with van der Waals surface area (Å²) in [4.78, 5) is 27.4. The molecule has 0 bridgehead atoms. The third-order valence-electron chi connectivity index (χ3n) is 6.06. The number of morpholine rings is 1. The molecule has 1 saturated carbocycles. The number of carbonyl (C=O) groups excluding carboxylic acids is 2. The first kappa shape index (κ1) is 21.6. The summed E-state index contributed by atoms with van der Waals surface area (Å²) >= 11 is 0. The molecule has 1 heterocycles. The zero-order valence-electron chi connectivity index (χ0n) is 17.4. The van der Waals surface area contributed by atoms with E-state index >= 15 is 0 Å². The second-order valence-electron chi connectivity index (χ2n) is 7.70. The van der Waals surface area contributed by atoms with Crippen molar-refractivity contribution in [2.24, 2.45) is 11.8 Å². The monoisotopic (exact) mass is 404 g/mol. The Morgan fingerprint density at radius 2 is 1.76 bits per heavy atom. The molecule has 1 saturated heterocycles. The summed E-state index contributed by atoms with van der Waals surface area (Å²) in [6.45, 7) is 3.51. The molecule has 29 heavy (non-hydrogen) atoms. The molecule has 1 aliphatic carbocycles. The molecule has 1 aromatic rings. The molecule has 0 aromatic heterocycles. The van der Waals surface area contributed by atoms with Crippen molar-refractivity contribution < 1.29 is 23.8 Å². The minimum atomic E-state index is -0.337. The van der Waals surface area contributed by atoms with Gasteiger partial charge in [-0.25, -0.2) is 0 Å². The van der Waals surface area contributed by atoms with Gasteiger partial charge in [-0.2, -0.15) is 0 Å². The summed E-state index contributed by atoms with van der Waals surface area (Å²) < 4.78 is 15.7. The van der Waals surface area contributed by atoms with E-state index in [1.807, 2.05) is 24.3 Å². The summed E-state index contributed by atoms with van der Waals surface area (Å²) in [6, 6.07) is 8.03. The lowest BCUT2D eigenvalue weighted by Gasteiger charge is -2.35. The van der Waals surface area contributed by atoms with Crippen LogP contribution in [-0.4, -0.2) is 63.8 Å². The summed E-state index contributed by atoms with van der Waals surface area (Å²) in [5.41, 5.74) is 1.13.